The first-order valence-corrected chi connectivity index (χ1v) is 7.94. The van der Waals surface area contributed by atoms with Gasteiger partial charge in [0.25, 0.3) is 0 Å². The smallest absolute Gasteiger partial charge is 0.419 e. The number of rotatable bonds is 4. The summed E-state index contributed by atoms with van der Waals surface area (Å²) in [6.07, 6.45) is 2.84. The zero-order valence-corrected chi connectivity index (χ0v) is 13.0. The fourth-order valence-corrected chi connectivity index (χ4v) is 2.69. The average Bonchev–Trinajstić information content (AvgIpc) is 2.57. The van der Waals surface area contributed by atoms with E-state index in [1.165, 1.54) is 6.42 Å². The number of nitrogens with one attached hydrogen (secondary N) is 1. The van der Waals surface area contributed by atoms with Crippen molar-refractivity contribution in [3.8, 4) is 5.75 Å². The molecule has 1 aromatic carbocycles. The lowest BCUT2D eigenvalue weighted by Crippen LogP contribution is -2.20. The lowest BCUT2D eigenvalue weighted by Gasteiger charge is -2.24. The van der Waals surface area contributed by atoms with Crippen LogP contribution >= 0.6 is 0 Å². The van der Waals surface area contributed by atoms with Gasteiger partial charge in [-0.3, -0.25) is 0 Å². The van der Waals surface area contributed by atoms with Crippen molar-refractivity contribution < 1.29 is 17.9 Å². The zero-order chi connectivity index (χ0) is 17.0. The van der Waals surface area contributed by atoms with Crippen LogP contribution in [0.4, 0.5) is 24.8 Å². The van der Waals surface area contributed by atoms with Crippen LogP contribution in [0.25, 0.3) is 0 Å². The molecule has 24 heavy (non-hydrogen) atoms. The van der Waals surface area contributed by atoms with E-state index in [-0.39, 0.29) is 12.1 Å². The van der Waals surface area contributed by atoms with E-state index in [0.29, 0.717) is 11.4 Å². The highest BCUT2D eigenvalue weighted by Crippen LogP contribution is 2.31. The van der Waals surface area contributed by atoms with Gasteiger partial charge in [-0.05, 0) is 37.8 Å². The van der Waals surface area contributed by atoms with Gasteiger partial charge < -0.3 is 10.1 Å². The number of hydrogen-bond donors (Lipinski definition) is 1. The van der Waals surface area contributed by atoms with Gasteiger partial charge in [0.15, 0.2) is 0 Å². The highest BCUT2D eigenvalue weighted by atomic mass is 19.4. The van der Waals surface area contributed by atoms with Crippen molar-refractivity contribution in [3.05, 3.63) is 42.2 Å². The van der Waals surface area contributed by atoms with Crippen molar-refractivity contribution in [1.29, 1.82) is 0 Å². The molecule has 2 aromatic rings. The SMILES string of the molecule is FC(F)(F)c1cnc(Nc2ccccc2OC2CCCCC2)nc1. The van der Waals surface area contributed by atoms with E-state index in [2.05, 4.69) is 15.3 Å². The number of aromatic nitrogens is 2. The van der Waals surface area contributed by atoms with Crippen molar-refractivity contribution in [2.24, 2.45) is 0 Å². The Labute approximate surface area is 138 Å². The maximum Gasteiger partial charge on any atom is 0.419 e. The number of hydrogen-bond acceptors (Lipinski definition) is 4. The number of alkyl halides is 3. The highest BCUT2D eigenvalue weighted by Gasteiger charge is 2.31. The van der Waals surface area contributed by atoms with Gasteiger partial charge in [-0.15, -0.1) is 0 Å². The molecule has 0 amide bonds. The van der Waals surface area contributed by atoms with E-state index in [1.54, 1.807) is 6.07 Å². The molecule has 1 fully saturated rings. The van der Waals surface area contributed by atoms with Crippen molar-refractivity contribution in [2.45, 2.75) is 44.4 Å². The molecule has 1 aliphatic rings. The normalized spacial score (nSPS) is 16.0. The van der Waals surface area contributed by atoms with Gasteiger partial charge in [0.05, 0.1) is 17.4 Å². The van der Waals surface area contributed by atoms with Crippen LogP contribution in [-0.4, -0.2) is 16.1 Å². The van der Waals surface area contributed by atoms with E-state index in [1.807, 2.05) is 18.2 Å². The molecule has 0 aliphatic heterocycles. The van der Waals surface area contributed by atoms with Crippen molar-refractivity contribution >= 4 is 11.6 Å². The van der Waals surface area contributed by atoms with Gasteiger partial charge in [-0.2, -0.15) is 13.2 Å². The maximum atomic E-state index is 12.6. The molecule has 1 aliphatic carbocycles. The van der Waals surface area contributed by atoms with Crippen molar-refractivity contribution in [2.75, 3.05) is 5.32 Å². The molecule has 0 bridgehead atoms. The van der Waals surface area contributed by atoms with Crippen LogP contribution in [0.3, 0.4) is 0 Å². The van der Waals surface area contributed by atoms with Crippen LogP contribution in [0, 0.1) is 0 Å². The van der Waals surface area contributed by atoms with Crippen molar-refractivity contribution in [3.63, 3.8) is 0 Å². The first kappa shape index (κ1) is 16.5. The van der Waals surface area contributed by atoms with Crippen LogP contribution in [0.1, 0.15) is 37.7 Å². The van der Waals surface area contributed by atoms with Crippen LogP contribution < -0.4 is 10.1 Å². The Hall–Kier alpha value is -2.31. The van der Waals surface area contributed by atoms with E-state index < -0.39 is 11.7 Å². The van der Waals surface area contributed by atoms with Gasteiger partial charge in [-0.25, -0.2) is 9.97 Å². The van der Waals surface area contributed by atoms with E-state index >= 15 is 0 Å². The number of anilines is 2. The standard InChI is InChI=1S/C17H18F3N3O/c18-17(19,20)12-10-21-16(22-11-12)23-14-8-4-5-9-15(14)24-13-6-2-1-3-7-13/h4-5,8-11,13H,1-3,6-7H2,(H,21,22,23). The molecule has 0 unspecified atom stereocenters. The molecule has 1 saturated carbocycles. The predicted molar refractivity (Wildman–Crippen MR) is 84.3 cm³/mol. The third kappa shape index (κ3) is 4.15. The van der Waals surface area contributed by atoms with Gasteiger partial charge in [0.2, 0.25) is 5.95 Å². The van der Waals surface area contributed by atoms with Gasteiger partial charge >= 0.3 is 6.18 Å². The minimum atomic E-state index is -4.44. The molecule has 0 saturated heterocycles. The number of para-hydroxylation sites is 2. The van der Waals surface area contributed by atoms with E-state index in [9.17, 15) is 13.2 Å². The molecule has 0 radical (unpaired) electrons. The van der Waals surface area contributed by atoms with E-state index in [0.717, 1.165) is 38.1 Å². The average molecular weight is 337 g/mol. The Balaban J connectivity index is 1.72. The third-order valence-corrected chi connectivity index (χ3v) is 3.96. The summed E-state index contributed by atoms with van der Waals surface area (Å²) in [6.45, 7) is 0. The second kappa shape index (κ2) is 7.07. The third-order valence-electron chi connectivity index (χ3n) is 3.96. The molecule has 3 rings (SSSR count). The van der Waals surface area contributed by atoms with Crippen LogP contribution in [0.2, 0.25) is 0 Å². The summed E-state index contributed by atoms with van der Waals surface area (Å²) in [5.41, 5.74) is -0.234. The summed E-state index contributed by atoms with van der Waals surface area (Å²) in [7, 11) is 0. The van der Waals surface area contributed by atoms with Gasteiger partial charge in [0.1, 0.15) is 5.75 Å². The first-order chi connectivity index (χ1) is 11.5. The fourth-order valence-electron chi connectivity index (χ4n) is 2.69. The summed E-state index contributed by atoms with van der Waals surface area (Å²) in [5, 5.41) is 2.93. The monoisotopic (exact) mass is 337 g/mol. The Morgan fingerprint density at radius 3 is 2.33 bits per heavy atom. The molecule has 4 nitrogen and oxygen atoms in total. The summed E-state index contributed by atoms with van der Waals surface area (Å²) < 4.78 is 43.7. The summed E-state index contributed by atoms with van der Waals surface area (Å²) >= 11 is 0. The molecule has 0 atom stereocenters. The zero-order valence-electron chi connectivity index (χ0n) is 13.0. The second-order valence-electron chi connectivity index (χ2n) is 5.79. The number of halogens is 3. The molecule has 1 aromatic heterocycles. The Kier molecular flexibility index (Phi) is 4.87. The summed E-state index contributed by atoms with van der Waals surface area (Å²) in [5.74, 6) is 0.760. The Morgan fingerprint density at radius 1 is 1.00 bits per heavy atom. The Bertz CT molecular complexity index is 668. The fraction of sp³-hybridized carbons (Fsp3) is 0.412. The molecule has 1 N–H and O–H groups in total. The Morgan fingerprint density at radius 2 is 1.67 bits per heavy atom. The minimum absolute atomic E-state index is 0.0997. The summed E-state index contributed by atoms with van der Waals surface area (Å²) in [4.78, 5) is 7.46. The second-order valence-corrected chi connectivity index (χ2v) is 5.79. The van der Waals surface area contributed by atoms with Crippen LogP contribution in [0.5, 0.6) is 5.75 Å². The maximum absolute atomic E-state index is 12.6. The minimum Gasteiger partial charge on any atom is -0.488 e. The van der Waals surface area contributed by atoms with Crippen molar-refractivity contribution in [1.82, 2.24) is 9.97 Å². The van der Waals surface area contributed by atoms with Gasteiger partial charge in [0, 0.05) is 12.4 Å². The predicted octanol–water partition coefficient (Wildman–Crippen LogP) is 4.95. The highest BCUT2D eigenvalue weighted by molar-refractivity contribution is 5.62. The molecule has 1 heterocycles. The number of nitrogens with zero attached hydrogens (tertiary/aromatic N) is 2. The number of ether oxygens (including phenoxy) is 1. The molecular formula is C17H18F3N3O. The molecule has 128 valence electrons. The van der Waals surface area contributed by atoms with Crippen LogP contribution in [0.15, 0.2) is 36.7 Å². The first-order valence-electron chi connectivity index (χ1n) is 7.94. The topological polar surface area (TPSA) is 47.0 Å². The lowest BCUT2D eigenvalue weighted by molar-refractivity contribution is -0.138. The van der Waals surface area contributed by atoms with Gasteiger partial charge in [-0.1, -0.05) is 18.6 Å². The molecule has 7 heteroatoms. The lowest BCUT2D eigenvalue weighted by atomic mass is 9.98. The molecule has 0 spiro atoms. The van der Waals surface area contributed by atoms with Crippen LogP contribution in [-0.2, 0) is 6.18 Å². The summed E-state index contributed by atoms with van der Waals surface area (Å²) in [6, 6.07) is 7.30. The largest absolute Gasteiger partial charge is 0.488 e. The quantitative estimate of drug-likeness (QED) is 0.857. The molecular weight excluding hydrogens is 319 g/mol. The van der Waals surface area contributed by atoms with E-state index in [4.69, 9.17) is 4.74 Å². The number of benzene rings is 1.